The van der Waals surface area contributed by atoms with Crippen molar-refractivity contribution in [3.05, 3.63) is 95.3 Å². The summed E-state index contributed by atoms with van der Waals surface area (Å²) in [5.41, 5.74) is 1.12. The van der Waals surface area contributed by atoms with Crippen molar-refractivity contribution < 1.29 is 22.4 Å². The van der Waals surface area contributed by atoms with E-state index >= 15 is 0 Å². The molecule has 0 aromatic heterocycles. The topological polar surface area (TPSA) is 104 Å². The maximum atomic E-state index is 13.3. The largest absolute Gasteiger partial charge is 0.348 e. The molecule has 0 fully saturated rings. The first-order valence-electron chi connectivity index (χ1n) is 10.5. The van der Waals surface area contributed by atoms with Crippen LogP contribution in [0, 0.1) is 5.82 Å². The summed E-state index contributed by atoms with van der Waals surface area (Å²) in [6, 6.07) is 17.9. The molecule has 0 heterocycles. The molecule has 2 amide bonds. The Balaban J connectivity index is 1.61. The Kier molecular flexibility index (Phi) is 7.48. The average molecular weight is 484 g/mol. The Morgan fingerprint density at radius 1 is 0.853 bits per heavy atom. The molecule has 0 aliphatic heterocycles. The summed E-state index contributed by atoms with van der Waals surface area (Å²) in [6.07, 6.45) is 0. The molecule has 3 aromatic carbocycles. The first-order chi connectivity index (χ1) is 15.9. The van der Waals surface area contributed by atoms with Crippen LogP contribution in [0.1, 0.15) is 47.1 Å². The van der Waals surface area contributed by atoms with Gasteiger partial charge >= 0.3 is 0 Å². The second kappa shape index (κ2) is 10.1. The average Bonchev–Trinajstić information content (AvgIpc) is 2.76. The monoisotopic (exact) mass is 483 g/mol. The molecular formula is C25H26FN3O4S. The molecule has 0 radical (unpaired) electrons. The molecular weight excluding hydrogens is 457 g/mol. The molecule has 3 N–H and O–H groups in total. The first-order valence-corrected chi connectivity index (χ1v) is 12.0. The maximum absolute atomic E-state index is 13.3. The molecule has 0 bridgehead atoms. The Hall–Kier alpha value is -3.56. The molecule has 0 unspecified atom stereocenters. The van der Waals surface area contributed by atoms with E-state index in [1.165, 1.54) is 42.5 Å². The SMILES string of the molecule is CC(C)(C)NS(=O)(=O)c1ccc(C(=O)NCc2cccc(NC(=O)c3cccc(F)c3)c2)cc1. The second-order valence-corrected chi connectivity index (χ2v) is 10.4. The van der Waals surface area contributed by atoms with Gasteiger partial charge in [-0.15, -0.1) is 0 Å². The van der Waals surface area contributed by atoms with Gasteiger partial charge in [-0.25, -0.2) is 17.5 Å². The number of anilines is 1. The molecule has 0 atom stereocenters. The number of rotatable bonds is 7. The molecule has 0 spiro atoms. The van der Waals surface area contributed by atoms with E-state index in [1.54, 1.807) is 45.0 Å². The van der Waals surface area contributed by atoms with Crippen molar-refractivity contribution in [2.45, 2.75) is 37.8 Å². The molecule has 0 saturated carbocycles. The highest BCUT2D eigenvalue weighted by Crippen LogP contribution is 2.15. The molecule has 3 aromatic rings. The van der Waals surface area contributed by atoms with E-state index in [9.17, 15) is 22.4 Å². The van der Waals surface area contributed by atoms with E-state index in [0.717, 1.165) is 11.6 Å². The third kappa shape index (κ3) is 6.97. The van der Waals surface area contributed by atoms with Gasteiger partial charge in [-0.3, -0.25) is 9.59 Å². The van der Waals surface area contributed by atoms with Crippen molar-refractivity contribution in [3.63, 3.8) is 0 Å². The van der Waals surface area contributed by atoms with Crippen LogP contribution < -0.4 is 15.4 Å². The molecule has 0 saturated heterocycles. The lowest BCUT2D eigenvalue weighted by molar-refractivity contribution is 0.0949. The Morgan fingerprint density at radius 2 is 1.53 bits per heavy atom. The van der Waals surface area contributed by atoms with Gasteiger partial charge in [0.05, 0.1) is 4.90 Å². The van der Waals surface area contributed by atoms with Crippen LogP contribution in [0.4, 0.5) is 10.1 Å². The van der Waals surface area contributed by atoms with Gasteiger partial charge in [-0.1, -0.05) is 18.2 Å². The van der Waals surface area contributed by atoms with Crippen molar-refractivity contribution in [1.29, 1.82) is 0 Å². The minimum Gasteiger partial charge on any atom is -0.348 e. The number of halogens is 1. The number of benzene rings is 3. The summed E-state index contributed by atoms with van der Waals surface area (Å²) in [4.78, 5) is 24.9. The lowest BCUT2D eigenvalue weighted by Gasteiger charge is -2.20. The van der Waals surface area contributed by atoms with Crippen LogP contribution in [0.2, 0.25) is 0 Å². The van der Waals surface area contributed by atoms with Crippen LogP contribution in [-0.2, 0) is 16.6 Å². The fraction of sp³-hybridized carbons (Fsp3) is 0.200. The van der Waals surface area contributed by atoms with Crippen LogP contribution in [0.3, 0.4) is 0 Å². The third-order valence-electron chi connectivity index (χ3n) is 4.59. The summed E-state index contributed by atoms with van der Waals surface area (Å²) in [5.74, 6) is -1.32. The molecule has 3 rings (SSSR count). The minimum atomic E-state index is -3.69. The highest BCUT2D eigenvalue weighted by atomic mass is 32.2. The van der Waals surface area contributed by atoms with Crippen LogP contribution in [-0.4, -0.2) is 25.8 Å². The van der Waals surface area contributed by atoms with Gasteiger partial charge in [0.25, 0.3) is 11.8 Å². The maximum Gasteiger partial charge on any atom is 0.255 e. The van der Waals surface area contributed by atoms with Crippen molar-refractivity contribution in [1.82, 2.24) is 10.0 Å². The molecule has 178 valence electrons. The van der Waals surface area contributed by atoms with Crippen LogP contribution in [0.25, 0.3) is 0 Å². The first kappa shape index (κ1) is 25.1. The predicted octanol–water partition coefficient (Wildman–Crippen LogP) is 4.08. The number of carbonyl (C=O) groups is 2. The van der Waals surface area contributed by atoms with E-state index < -0.39 is 27.3 Å². The quantitative estimate of drug-likeness (QED) is 0.471. The van der Waals surface area contributed by atoms with Gasteiger partial charge in [0, 0.05) is 28.9 Å². The highest BCUT2D eigenvalue weighted by Gasteiger charge is 2.22. The van der Waals surface area contributed by atoms with E-state index in [0.29, 0.717) is 11.3 Å². The van der Waals surface area contributed by atoms with Gasteiger partial charge in [-0.2, -0.15) is 0 Å². The Bertz CT molecular complexity index is 1300. The number of hydrogen-bond acceptors (Lipinski definition) is 4. The number of amides is 2. The molecule has 34 heavy (non-hydrogen) atoms. The van der Waals surface area contributed by atoms with Gasteiger partial charge in [0.1, 0.15) is 5.82 Å². The lowest BCUT2D eigenvalue weighted by Crippen LogP contribution is -2.40. The van der Waals surface area contributed by atoms with E-state index in [4.69, 9.17) is 0 Å². The summed E-state index contributed by atoms with van der Waals surface area (Å²) in [7, 11) is -3.69. The summed E-state index contributed by atoms with van der Waals surface area (Å²) in [5, 5.41) is 5.47. The van der Waals surface area contributed by atoms with Gasteiger partial charge in [0.2, 0.25) is 10.0 Å². The molecule has 0 aliphatic carbocycles. The van der Waals surface area contributed by atoms with Crippen molar-refractivity contribution in [3.8, 4) is 0 Å². The number of nitrogens with one attached hydrogen (secondary N) is 3. The zero-order valence-corrected chi connectivity index (χ0v) is 19.9. The lowest BCUT2D eigenvalue weighted by atomic mass is 10.1. The highest BCUT2D eigenvalue weighted by molar-refractivity contribution is 7.89. The summed E-state index contributed by atoms with van der Waals surface area (Å²) < 4.78 is 40.7. The van der Waals surface area contributed by atoms with Gasteiger partial charge in [-0.05, 0) is 80.9 Å². The molecule has 0 aliphatic rings. The molecule has 9 heteroatoms. The third-order valence-corrected chi connectivity index (χ3v) is 6.37. The van der Waals surface area contributed by atoms with E-state index in [1.807, 2.05) is 0 Å². The zero-order valence-electron chi connectivity index (χ0n) is 19.1. The van der Waals surface area contributed by atoms with E-state index in [-0.39, 0.29) is 22.9 Å². The van der Waals surface area contributed by atoms with Crippen LogP contribution in [0.15, 0.2) is 77.7 Å². The summed E-state index contributed by atoms with van der Waals surface area (Å²) in [6.45, 7) is 5.42. The van der Waals surface area contributed by atoms with Crippen molar-refractivity contribution in [2.75, 3.05) is 5.32 Å². The fourth-order valence-electron chi connectivity index (χ4n) is 3.12. The Morgan fingerprint density at radius 3 is 2.18 bits per heavy atom. The Labute approximate surface area is 198 Å². The van der Waals surface area contributed by atoms with Crippen molar-refractivity contribution in [2.24, 2.45) is 0 Å². The van der Waals surface area contributed by atoms with Crippen LogP contribution >= 0.6 is 0 Å². The number of hydrogen-bond donors (Lipinski definition) is 3. The number of carbonyl (C=O) groups excluding carboxylic acids is 2. The zero-order chi connectivity index (χ0) is 24.9. The second-order valence-electron chi connectivity index (χ2n) is 8.73. The van der Waals surface area contributed by atoms with Gasteiger partial charge in [0.15, 0.2) is 0 Å². The van der Waals surface area contributed by atoms with E-state index in [2.05, 4.69) is 15.4 Å². The normalized spacial score (nSPS) is 11.6. The smallest absolute Gasteiger partial charge is 0.255 e. The summed E-state index contributed by atoms with van der Waals surface area (Å²) >= 11 is 0. The number of sulfonamides is 1. The predicted molar refractivity (Wildman–Crippen MR) is 128 cm³/mol. The van der Waals surface area contributed by atoms with Crippen LogP contribution in [0.5, 0.6) is 0 Å². The fourth-order valence-corrected chi connectivity index (χ4v) is 4.54. The van der Waals surface area contributed by atoms with Gasteiger partial charge < -0.3 is 10.6 Å². The molecule has 7 nitrogen and oxygen atoms in total. The van der Waals surface area contributed by atoms with Crippen molar-refractivity contribution >= 4 is 27.5 Å². The minimum absolute atomic E-state index is 0.0701. The standard InChI is InChI=1S/C25H26FN3O4S/c1-25(2,3)29-34(32,33)22-12-10-18(11-13-22)23(30)27-16-17-6-4-9-21(14-17)28-24(31)19-7-5-8-20(26)15-19/h4-15,29H,16H2,1-3H3,(H,27,30)(H,28,31).